The number of aromatic nitrogens is 2. The monoisotopic (exact) mass is 278 g/mol. The summed E-state index contributed by atoms with van der Waals surface area (Å²) in [5.74, 6) is 2.40. The van der Waals surface area contributed by atoms with Crippen LogP contribution in [0.15, 0.2) is 4.52 Å². The van der Waals surface area contributed by atoms with Gasteiger partial charge in [-0.05, 0) is 44.7 Å². The van der Waals surface area contributed by atoms with Crippen LogP contribution in [0.1, 0.15) is 50.2 Å². The predicted octanol–water partition coefficient (Wildman–Crippen LogP) is 2.12. The molecule has 2 heterocycles. The molecule has 1 aromatic rings. The number of likely N-dealkylation sites (tertiary alicyclic amines) is 1. The number of rotatable bonds is 5. The van der Waals surface area contributed by atoms with E-state index in [-0.39, 0.29) is 0 Å². The van der Waals surface area contributed by atoms with Crippen molar-refractivity contribution in [3.8, 4) is 0 Å². The third-order valence-corrected chi connectivity index (χ3v) is 4.61. The highest BCUT2D eigenvalue weighted by Crippen LogP contribution is 2.24. The van der Waals surface area contributed by atoms with Gasteiger partial charge in [-0.25, -0.2) is 0 Å². The van der Waals surface area contributed by atoms with Gasteiger partial charge in [0.2, 0.25) is 5.89 Å². The van der Waals surface area contributed by atoms with Crippen LogP contribution in [0.4, 0.5) is 0 Å². The highest BCUT2D eigenvalue weighted by Gasteiger charge is 2.22. The molecule has 1 saturated carbocycles. The van der Waals surface area contributed by atoms with E-state index in [2.05, 4.69) is 20.4 Å². The zero-order valence-corrected chi connectivity index (χ0v) is 12.5. The summed E-state index contributed by atoms with van der Waals surface area (Å²) in [6, 6.07) is 0.636. The molecule has 1 atom stereocenters. The van der Waals surface area contributed by atoms with Crippen LogP contribution in [0.3, 0.4) is 0 Å². The van der Waals surface area contributed by atoms with Gasteiger partial charge in [0.15, 0.2) is 5.82 Å². The first-order valence-electron chi connectivity index (χ1n) is 8.04. The fourth-order valence-electron chi connectivity index (χ4n) is 3.52. The number of hydrogen-bond acceptors (Lipinski definition) is 5. The fraction of sp³-hybridized carbons (Fsp3) is 0.867. The van der Waals surface area contributed by atoms with Crippen molar-refractivity contribution >= 4 is 0 Å². The molecule has 1 aliphatic heterocycles. The van der Waals surface area contributed by atoms with Crippen molar-refractivity contribution in [1.82, 2.24) is 20.4 Å². The highest BCUT2D eigenvalue weighted by atomic mass is 16.5. The molecule has 0 aromatic carbocycles. The van der Waals surface area contributed by atoms with Crippen LogP contribution in [-0.2, 0) is 6.54 Å². The first-order valence-corrected chi connectivity index (χ1v) is 8.04. The van der Waals surface area contributed by atoms with Gasteiger partial charge < -0.3 is 9.84 Å². The summed E-state index contributed by atoms with van der Waals surface area (Å²) >= 11 is 0. The Morgan fingerprint density at radius 2 is 2.10 bits per heavy atom. The molecule has 2 aliphatic rings. The van der Waals surface area contributed by atoms with E-state index in [0.717, 1.165) is 31.4 Å². The van der Waals surface area contributed by atoms with E-state index in [0.29, 0.717) is 11.9 Å². The molecule has 1 unspecified atom stereocenters. The van der Waals surface area contributed by atoms with Gasteiger partial charge in [0, 0.05) is 19.5 Å². The van der Waals surface area contributed by atoms with Gasteiger partial charge in [0.25, 0.3) is 0 Å². The van der Waals surface area contributed by atoms with E-state index >= 15 is 0 Å². The van der Waals surface area contributed by atoms with Crippen molar-refractivity contribution in [1.29, 1.82) is 0 Å². The Balaban J connectivity index is 1.43. The SMILES string of the molecule is Cc1nc(CN2CCCC(NCC3CCCC3)C2)no1. The minimum absolute atomic E-state index is 0.636. The van der Waals surface area contributed by atoms with Crippen molar-refractivity contribution in [2.75, 3.05) is 19.6 Å². The van der Waals surface area contributed by atoms with Crippen LogP contribution in [0.2, 0.25) is 0 Å². The summed E-state index contributed by atoms with van der Waals surface area (Å²) in [5, 5.41) is 7.77. The number of piperidine rings is 1. The Labute approximate surface area is 121 Å². The lowest BCUT2D eigenvalue weighted by Gasteiger charge is -2.33. The van der Waals surface area contributed by atoms with E-state index in [1.165, 1.54) is 45.1 Å². The molecule has 0 amide bonds. The lowest BCUT2D eigenvalue weighted by Crippen LogP contribution is -2.46. The lowest BCUT2D eigenvalue weighted by molar-refractivity contribution is 0.175. The van der Waals surface area contributed by atoms with Gasteiger partial charge in [-0.1, -0.05) is 18.0 Å². The highest BCUT2D eigenvalue weighted by molar-refractivity contribution is 4.87. The van der Waals surface area contributed by atoms with Gasteiger partial charge >= 0.3 is 0 Å². The van der Waals surface area contributed by atoms with Gasteiger partial charge in [-0.15, -0.1) is 0 Å². The van der Waals surface area contributed by atoms with Crippen molar-refractivity contribution in [2.24, 2.45) is 5.92 Å². The van der Waals surface area contributed by atoms with Crippen LogP contribution in [0.25, 0.3) is 0 Å². The second-order valence-electron chi connectivity index (χ2n) is 6.36. The molecule has 0 spiro atoms. The molecule has 1 saturated heterocycles. The van der Waals surface area contributed by atoms with Crippen LogP contribution in [0, 0.1) is 12.8 Å². The first-order chi connectivity index (χ1) is 9.79. The van der Waals surface area contributed by atoms with E-state index in [4.69, 9.17) is 4.52 Å². The fourth-order valence-corrected chi connectivity index (χ4v) is 3.52. The molecular formula is C15H26N4O. The Kier molecular flexibility index (Phi) is 4.68. The Hall–Kier alpha value is -0.940. The molecule has 0 radical (unpaired) electrons. The van der Waals surface area contributed by atoms with Crippen LogP contribution in [0.5, 0.6) is 0 Å². The molecular weight excluding hydrogens is 252 g/mol. The molecule has 1 aliphatic carbocycles. The molecule has 3 rings (SSSR count). The van der Waals surface area contributed by atoms with Gasteiger partial charge in [-0.3, -0.25) is 4.90 Å². The summed E-state index contributed by atoms with van der Waals surface area (Å²) in [5.41, 5.74) is 0. The van der Waals surface area contributed by atoms with E-state index < -0.39 is 0 Å². The first kappa shape index (κ1) is 14.0. The second-order valence-corrected chi connectivity index (χ2v) is 6.36. The summed E-state index contributed by atoms with van der Waals surface area (Å²) in [6.45, 7) is 6.13. The number of aryl methyl sites for hydroxylation is 1. The number of nitrogens with one attached hydrogen (secondary N) is 1. The molecule has 1 aromatic heterocycles. The zero-order valence-electron chi connectivity index (χ0n) is 12.5. The molecule has 5 nitrogen and oxygen atoms in total. The largest absolute Gasteiger partial charge is 0.340 e. The van der Waals surface area contributed by atoms with Crippen LogP contribution < -0.4 is 5.32 Å². The molecule has 2 fully saturated rings. The quantitative estimate of drug-likeness (QED) is 0.894. The van der Waals surface area contributed by atoms with Gasteiger partial charge in [0.05, 0.1) is 6.54 Å². The van der Waals surface area contributed by atoms with E-state index in [9.17, 15) is 0 Å². The predicted molar refractivity (Wildman–Crippen MR) is 77.3 cm³/mol. The average Bonchev–Trinajstić information content (AvgIpc) is 3.09. The average molecular weight is 278 g/mol. The number of hydrogen-bond donors (Lipinski definition) is 1. The molecule has 5 heteroatoms. The lowest BCUT2D eigenvalue weighted by atomic mass is 10.0. The standard InChI is InChI=1S/C15H26N4O/c1-12-17-15(18-20-12)11-19-8-4-7-14(10-19)16-9-13-5-2-3-6-13/h13-14,16H,2-11H2,1H3. The summed E-state index contributed by atoms with van der Waals surface area (Å²) in [4.78, 5) is 6.74. The van der Waals surface area contributed by atoms with Crippen molar-refractivity contribution in [3.63, 3.8) is 0 Å². The minimum atomic E-state index is 0.636. The molecule has 112 valence electrons. The summed E-state index contributed by atoms with van der Waals surface area (Å²) < 4.78 is 5.04. The number of nitrogens with zero attached hydrogens (tertiary/aromatic N) is 3. The maximum atomic E-state index is 5.04. The van der Waals surface area contributed by atoms with E-state index in [1.54, 1.807) is 0 Å². The van der Waals surface area contributed by atoms with Crippen LogP contribution in [-0.4, -0.2) is 40.7 Å². The van der Waals surface area contributed by atoms with Gasteiger partial charge in [0.1, 0.15) is 0 Å². The van der Waals surface area contributed by atoms with Crippen molar-refractivity contribution in [2.45, 2.75) is 58.0 Å². The van der Waals surface area contributed by atoms with E-state index in [1.807, 2.05) is 6.92 Å². The van der Waals surface area contributed by atoms with Gasteiger partial charge in [-0.2, -0.15) is 4.98 Å². The zero-order chi connectivity index (χ0) is 13.8. The maximum Gasteiger partial charge on any atom is 0.223 e. The molecule has 20 heavy (non-hydrogen) atoms. The van der Waals surface area contributed by atoms with Crippen molar-refractivity contribution in [3.05, 3.63) is 11.7 Å². The molecule has 0 bridgehead atoms. The smallest absolute Gasteiger partial charge is 0.223 e. The third-order valence-electron chi connectivity index (χ3n) is 4.61. The Morgan fingerprint density at radius 3 is 2.85 bits per heavy atom. The normalized spacial score (nSPS) is 25.4. The second kappa shape index (κ2) is 6.68. The minimum Gasteiger partial charge on any atom is -0.340 e. The topological polar surface area (TPSA) is 54.2 Å². The van der Waals surface area contributed by atoms with Crippen LogP contribution >= 0.6 is 0 Å². The Bertz CT molecular complexity index is 414. The third kappa shape index (κ3) is 3.79. The Morgan fingerprint density at radius 1 is 1.25 bits per heavy atom. The summed E-state index contributed by atoms with van der Waals surface area (Å²) in [7, 11) is 0. The molecule has 1 N–H and O–H groups in total. The van der Waals surface area contributed by atoms with Crippen molar-refractivity contribution < 1.29 is 4.52 Å². The maximum absolute atomic E-state index is 5.04. The summed E-state index contributed by atoms with van der Waals surface area (Å²) in [6.07, 6.45) is 8.27.